The SMILES string of the molecule is C=C1OC(=O)C2=C1O[C@@H]1[C@@H](Cc3ccccc3)C3(O)CCCC[C@H]3[C@](C)(C2=O)[C@@H]1C. The van der Waals surface area contributed by atoms with Gasteiger partial charge in [0, 0.05) is 23.2 Å². The van der Waals surface area contributed by atoms with E-state index in [1.54, 1.807) is 0 Å². The van der Waals surface area contributed by atoms with Crippen molar-refractivity contribution in [2.24, 2.45) is 23.2 Å². The van der Waals surface area contributed by atoms with Gasteiger partial charge in [0.1, 0.15) is 11.7 Å². The van der Waals surface area contributed by atoms with E-state index in [1.165, 1.54) is 0 Å². The number of ketones is 1. The number of ether oxygens (including phenoxy) is 2. The summed E-state index contributed by atoms with van der Waals surface area (Å²) < 4.78 is 11.6. The van der Waals surface area contributed by atoms with Gasteiger partial charge < -0.3 is 14.6 Å². The van der Waals surface area contributed by atoms with Gasteiger partial charge in [-0.15, -0.1) is 0 Å². The van der Waals surface area contributed by atoms with Crippen molar-refractivity contribution >= 4 is 11.8 Å². The third-order valence-electron chi connectivity index (χ3n) is 8.29. The molecule has 5 nitrogen and oxygen atoms in total. The van der Waals surface area contributed by atoms with Crippen LogP contribution in [0.25, 0.3) is 0 Å². The van der Waals surface area contributed by atoms with Crippen LogP contribution in [0.3, 0.4) is 0 Å². The Morgan fingerprint density at radius 3 is 2.67 bits per heavy atom. The van der Waals surface area contributed by atoms with Crippen LogP contribution in [-0.2, 0) is 25.5 Å². The molecule has 1 aromatic carbocycles. The first-order valence-corrected chi connectivity index (χ1v) is 10.9. The summed E-state index contributed by atoms with van der Waals surface area (Å²) in [7, 11) is 0. The van der Waals surface area contributed by atoms with E-state index in [-0.39, 0.29) is 40.6 Å². The van der Waals surface area contributed by atoms with Crippen molar-refractivity contribution in [2.75, 3.05) is 0 Å². The summed E-state index contributed by atoms with van der Waals surface area (Å²) in [6.45, 7) is 7.75. The van der Waals surface area contributed by atoms with Crippen LogP contribution in [0.15, 0.2) is 54.0 Å². The van der Waals surface area contributed by atoms with Gasteiger partial charge in [0.05, 0.1) is 5.60 Å². The first-order valence-electron chi connectivity index (χ1n) is 10.9. The normalized spacial score (nSPS) is 40.3. The van der Waals surface area contributed by atoms with Crippen molar-refractivity contribution in [3.05, 3.63) is 59.6 Å². The van der Waals surface area contributed by atoms with E-state index in [0.717, 1.165) is 24.8 Å². The largest absolute Gasteiger partial charge is 0.485 e. The molecule has 6 atom stereocenters. The molecule has 5 heteroatoms. The maximum Gasteiger partial charge on any atom is 0.351 e. The summed E-state index contributed by atoms with van der Waals surface area (Å²) in [5, 5.41) is 12.1. The number of hydrogen-bond acceptors (Lipinski definition) is 5. The van der Waals surface area contributed by atoms with Crippen LogP contribution in [0, 0.1) is 23.2 Å². The Bertz CT molecular complexity index is 963. The smallest absolute Gasteiger partial charge is 0.351 e. The molecule has 158 valence electrons. The van der Waals surface area contributed by atoms with Gasteiger partial charge in [-0.25, -0.2) is 4.79 Å². The average Bonchev–Trinajstić information content (AvgIpc) is 2.98. The van der Waals surface area contributed by atoms with Crippen LogP contribution in [-0.4, -0.2) is 28.6 Å². The van der Waals surface area contributed by atoms with Gasteiger partial charge in [-0.1, -0.05) is 63.6 Å². The molecular formula is C25H28O5. The van der Waals surface area contributed by atoms with Crippen molar-refractivity contribution in [1.82, 2.24) is 0 Å². The van der Waals surface area contributed by atoms with Gasteiger partial charge in [0.2, 0.25) is 0 Å². The van der Waals surface area contributed by atoms with E-state index in [0.29, 0.717) is 12.8 Å². The van der Waals surface area contributed by atoms with Gasteiger partial charge >= 0.3 is 5.97 Å². The average molecular weight is 408 g/mol. The summed E-state index contributed by atoms with van der Waals surface area (Å²) in [5.74, 6) is -1.27. The van der Waals surface area contributed by atoms with E-state index < -0.39 is 23.1 Å². The quantitative estimate of drug-likeness (QED) is 0.597. The number of hydrogen-bond donors (Lipinski definition) is 1. The number of fused-ring (bicyclic) bond motifs is 4. The third-order valence-corrected chi connectivity index (χ3v) is 8.29. The van der Waals surface area contributed by atoms with Crippen molar-refractivity contribution in [2.45, 2.75) is 57.7 Å². The molecule has 2 fully saturated rings. The molecule has 30 heavy (non-hydrogen) atoms. The van der Waals surface area contributed by atoms with Crippen molar-refractivity contribution in [3.63, 3.8) is 0 Å². The second-order valence-electron chi connectivity index (χ2n) is 9.59. The zero-order valence-corrected chi connectivity index (χ0v) is 17.5. The van der Waals surface area contributed by atoms with E-state index in [9.17, 15) is 14.7 Å². The number of cyclic esters (lactones) is 1. The first kappa shape index (κ1) is 19.6. The number of carbonyl (C=O) groups excluding carboxylic acids is 2. The van der Waals surface area contributed by atoms with Gasteiger partial charge in [-0.05, 0) is 24.8 Å². The maximum atomic E-state index is 13.8. The highest BCUT2D eigenvalue weighted by Crippen LogP contribution is 2.62. The number of carbonyl (C=O) groups is 2. The van der Waals surface area contributed by atoms with Crippen LogP contribution in [0.2, 0.25) is 0 Å². The highest BCUT2D eigenvalue weighted by Gasteiger charge is 2.68. The zero-order chi connectivity index (χ0) is 21.3. The topological polar surface area (TPSA) is 72.8 Å². The van der Waals surface area contributed by atoms with Gasteiger partial charge in [-0.2, -0.15) is 0 Å². The molecule has 5 rings (SSSR count). The van der Waals surface area contributed by atoms with E-state index in [2.05, 4.69) is 18.7 Å². The molecule has 1 aromatic rings. The lowest BCUT2D eigenvalue weighted by Gasteiger charge is -2.60. The molecule has 2 heterocycles. The molecule has 1 N–H and O–H groups in total. The van der Waals surface area contributed by atoms with Crippen molar-refractivity contribution in [1.29, 1.82) is 0 Å². The van der Waals surface area contributed by atoms with Crippen LogP contribution in [0.4, 0.5) is 0 Å². The Morgan fingerprint density at radius 2 is 1.93 bits per heavy atom. The Hall–Kier alpha value is -2.40. The Kier molecular flexibility index (Phi) is 4.27. The summed E-state index contributed by atoms with van der Waals surface area (Å²) in [4.78, 5) is 26.3. The molecule has 0 radical (unpaired) electrons. The molecule has 2 aliphatic heterocycles. The van der Waals surface area contributed by atoms with Crippen LogP contribution in [0.1, 0.15) is 45.1 Å². The Balaban J connectivity index is 1.69. The fraction of sp³-hybridized carbons (Fsp3) is 0.520. The predicted octanol–water partition coefficient (Wildman–Crippen LogP) is 3.72. The van der Waals surface area contributed by atoms with E-state index in [1.807, 2.05) is 32.0 Å². The second-order valence-corrected chi connectivity index (χ2v) is 9.59. The van der Waals surface area contributed by atoms with Crippen LogP contribution in [0.5, 0.6) is 0 Å². The van der Waals surface area contributed by atoms with Gasteiger partial charge in [0.15, 0.2) is 17.3 Å². The molecule has 2 aliphatic carbocycles. The molecule has 2 saturated carbocycles. The molecule has 2 bridgehead atoms. The van der Waals surface area contributed by atoms with Gasteiger partial charge in [0.25, 0.3) is 0 Å². The molecule has 1 unspecified atom stereocenters. The predicted molar refractivity (Wildman–Crippen MR) is 110 cm³/mol. The number of aliphatic hydroxyl groups is 1. The number of benzene rings is 1. The Labute approximate surface area is 176 Å². The molecule has 0 saturated heterocycles. The minimum absolute atomic E-state index is 0.0230. The molecular weight excluding hydrogens is 380 g/mol. The van der Waals surface area contributed by atoms with Gasteiger partial charge in [-0.3, -0.25) is 4.79 Å². The summed E-state index contributed by atoms with van der Waals surface area (Å²) >= 11 is 0. The summed E-state index contributed by atoms with van der Waals surface area (Å²) in [6, 6.07) is 10.1. The minimum Gasteiger partial charge on any atom is -0.485 e. The standard InChI is InChI=1S/C25H28O5/c1-14-20-17(13-16-9-5-4-6-10-16)25(28)12-8-7-11-18(25)24(14,3)22(26)19-21(30-20)15(2)29-23(19)27/h4-6,9-10,14,17-18,20,28H,2,7-8,11-13H2,1,3H3/t14-,17-,18+,20+,24-,25?/m1/s1. The zero-order valence-electron chi connectivity index (χ0n) is 17.5. The van der Waals surface area contributed by atoms with Crippen LogP contribution < -0.4 is 0 Å². The van der Waals surface area contributed by atoms with Crippen molar-refractivity contribution < 1.29 is 24.2 Å². The molecule has 0 aromatic heterocycles. The third kappa shape index (κ3) is 2.45. The maximum absolute atomic E-state index is 13.8. The lowest BCUT2D eigenvalue weighted by molar-refractivity contribution is -0.224. The molecule has 4 aliphatic rings. The first-order chi connectivity index (χ1) is 14.3. The minimum atomic E-state index is -1.03. The van der Waals surface area contributed by atoms with Crippen LogP contribution >= 0.6 is 0 Å². The number of rotatable bonds is 2. The highest BCUT2D eigenvalue weighted by atomic mass is 16.6. The van der Waals surface area contributed by atoms with E-state index in [4.69, 9.17) is 9.47 Å². The summed E-state index contributed by atoms with van der Waals surface area (Å²) in [6.07, 6.45) is 3.52. The fourth-order valence-electron chi connectivity index (χ4n) is 6.61. The monoisotopic (exact) mass is 408 g/mol. The molecule has 0 amide bonds. The van der Waals surface area contributed by atoms with Crippen molar-refractivity contribution in [3.8, 4) is 0 Å². The second kappa shape index (κ2) is 6.55. The fourth-order valence-corrected chi connectivity index (χ4v) is 6.61. The number of Topliss-reactive ketones (excluding diaryl/α,β-unsaturated/α-hetero) is 1. The molecule has 0 spiro atoms. The lowest BCUT2D eigenvalue weighted by Crippen LogP contribution is -2.67. The number of esters is 1. The van der Waals surface area contributed by atoms with E-state index >= 15 is 0 Å². The lowest BCUT2D eigenvalue weighted by atomic mass is 9.46. The highest BCUT2D eigenvalue weighted by molar-refractivity contribution is 6.22. The summed E-state index contributed by atoms with van der Waals surface area (Å²) in [5.41, 5.74) is -0.818. The Morgan fingerprint density at radius 1 is 1.20 bits per heavy atom.